The summed E-state index contributed by atoms with van der Waals surface area (Å²) in [4.78, 5) is 5.65. The van der Waals surface area contributed by atoms with Crippen LogP contribution < -0.4 is 5.32 Å². The van der Waals surface area contributed by atoms with E-state index in [1.54, 1.807) is 17.7 Å². The lowest BCUT2D eigenvalue weighted by atomic mass is 9.97. The molecule has 1 aliphatic heterocycles. The molecule has 0 bridgehead atoms. The van der Waals surface area contributed by atoms with Crippen LogP contribution in [0, 0.1) is 0 Å². The van der Waals surface area contributed by atoms with Crippen LogP contribution in [-0.2, 0) is 0 Å². The van der Waals surface area contributed by atoms with Gasteiger partial charge in [0.2, 0.25) is 5.95 Å². The maximum absolute atomic E-state index is 5.99. The average molecular weight is 317 g/mol. The van der Waals surface area contributed by atoms with Gasteiger partial charge >= 0.3 is 0 Å². The van der Waals surface area contributed by atoms with E-state index in [1.165, 1.54) is 10.4 Å². The van der Waals surface area contributed by atoms with Crippen molar-refractivity contribution >= 4 is 28.9 Å². The molecule has 0 fully saturated rings. The Balaban J connectivity index is 1.74. The molecule has 0 unspecified atom stereocenters. The minimum absolute atomic E-state index is 0.174. The number of thiophene rings is 1. The Morgan fingerprint density at radius 1 is 1.24 bits per heavy atom. The lowest BCUT2D eigenvalue weighted by Gasteiger charge is -2.31. The lowest BCUT2D eigenvalue weighted by Crippen LogP contribution is -2.27. The second kappa shape index (κ2) is 5.16. The summed E-state index contributed by atoms with van der Waals surface area (Å²) in [6.45, 7) is 0. The largest absolute Gasteiger partial charge is 0.347 e. The van der Waals surface area contributed by atoms with Crippen molar-refractivity contribution in [3.05, 3.63) is 63.6 Å². The zero-order chi connectivity index (χ0) is 14.2. The van der Waals surface area contributed by atoms with Crippen molar-refractivity contribution in [2.45, 2.75) is 18.5 Å². The van der Waals surface area contributed by atoms with Crippen LogP contribution in [0.3, 0.4) is 0 Å². The zero-order valence-corrected chi connectivity index (χ0v) is 12.7. The summed E-state index contributed by atoms with van der Waals surface area (Å²) in [6, 6.07) is 12.7. The number of fused-ring (bicyclic) bond motifs is 1. The minimum atomic E-state index is 0.174. The van der Waals surface area contributed by atoms with Crippen molar-refractivity contribution in [1.82, 2.24) is 14.8 Å². The second-order valence-electron chi connectivity index (χ2n) is 5.04. The topological polar surface area (TPSA) is 42.7 Å². The highest BCUT2D eigenvalue weighted by molar-refractivity contribution is 7.10. The SMILES string of the molecule is Clc1ccc([C@H]2C[C@H](c3cccs3)Nc3ncnn32)cc1. The quantitative estimate of drug-likeness (QED) is 0.772. The molecule has 6 heteroatoms. The van der Waals surface area contributed by atoms with Crippen LogP contribution in [0.1, 0.15) is 28.9 Å². The fraction of sp³-hybridized carbons (Fsp3) is 0.200. The number of benzene rings is 1. The summed E-state index contributed by atoms with van der Waals surface area (Å²) < 4.78 is 1.95. The van der Waals surface area contributed by atoms with Gasteiger partial charge in [-0.1, -0.05) is 29.8 Å². The van der Waals surface area contributed by atoms with E-state index >= 15 is 0 Å². The van der Waals surface area contributed by atoms with Crippen molar-refractivity contribution in [3.8, 4) is 0 Å². The van der Waals surface area contributed by atoms with E-state index < -0.39 is 0 Å². The third kappa shape index (κ3) is 2.32. The van der Waals surface area contributed by atoms with Gasteiger partial charge < -0.3 is 5.32 Å². The number of aromatic nitrogens is 3. The fourth-order valence-corrected chi connectivity index (χ4v) is 3.68. The van der Waals surface area contributed by atoms with E-state index in [-0.39, 0.29) is 12.1 Å². The number of nitrogens with zero attached hydrogens (tertiary/aromatic N) is 3. The Morgan fingerprint density at radius 2 is 2.10 bits per heavy atom. The Hall–Kier alpha value is -1.85. The fourth-order valence-electron chi connectivity index (χ4n) is 2.76. The van der Waals surface area contributed by atoms with E-state index in [1.807, 2.05) is 16.8 Å². The van der Waals surface area contributed by atoms with E-state index in [0.717, 1.165) is 17.4 Å². The molecule has 2 atom stereocenters. The standard InChI is InChI=1S/C15H13ClN4S/c16-11-5-3-10(4-6-11)13-8-12(14-2-1-7-21-14)19-15-17-9-18-20(13)15/h1-7,9,12-13H,8H2,(H,17,18,19)/t12-,13-/m1/s1. The first kappa shape index (κ1) is 12.9. The normalized spacial score (nSPS) is 20.8. The molecule has 0 saturated carbocycles. The summed E-state index contributed by atoms with van der Waals surface area (Å²) in [7, 11) is 0. The summed E-state index contributed by atoms with van der Waals surface area (Å²) >= 11 is 7.76. The van der Waals surface area contributed by atoms with Gasteiger partial charge in [0.15, 0.2) is 0 Å². The molecule has 0 radical (unpaired) electrons. The zero-order valence-electron chi connectivity index (χ0n) is 11.1. The van der Waals surface area contributed by atoms with Gasteiger partial charge in [-0.05, 0) is 35.6 Å². The third-order valence-electron chi connectivity index (χ3n) is 3.77. The number of rotatable bonds is 2. The number of nitrogens with one attached hydrogen (secondary N) is 1. The smallest absolute Gasteiger partial charge is 0.222 e. The highest BCUT2D eigenvalue weighted by atomic mass is 35.5. The molecule has 0 saturated heterocycles. The van der Waals surface area contributed by atoms with Gasteiger partial charge in [-0.3, -0.25) is 0 Å². The van der Waals surface area contributed by atoms with Gasteiger partial charge in [-0.15, -0.1) is 11.3 Å². The Bertz CT molecular complexity index is 735. The van der Waals surface area contributed by atoms with Gasteiger partial charge in [0, 0.05) is 9.90 Å². The number of anilines is 1. The molecule has 0 spiro atoms. The van der Waals surface area contributed by atoms with Crippen LogP contribution in [-0.4, -0.2) is 14.8 Å². The van der Waals surface area contributed by atoms with Crippen LogP contribution in [0.4, 0.5) is 5.95 Å². The second-order valence-corrected chi connectivity index (χ2v) is 6.46. The number of hydrogen-bond donors (Lipinski definition) is 1. The highest BCUT2D eigenvalue weighted by Crippen LogP contribution is 2.38. The monoisotopic (exact) mass is 316 g/mol. The summed E-state index contributed by atoms with van der Waals surface area (Å²) in [5.74, 6) is 0.819. The lowest BCUT2D eigenvalue weighted by molar-refractivity contribution is 0.433. The highest BCUT2D eigenvalue weighted by Gasteiger charge is 2.30. The molecule has 4 rings (SSSR count). The first-order valence-electron chi connectivity index (χ1n) is 6.76. The molecular formula is C15H13ClN4S. The van der Waals surface area contributed by atoms with Gasteiger partial charge in [0.25, 0.3) is 0 Å². The van der Waals surface area contributed by atoms with Crippen molar-refractivity contribution < 1.29 is 0 Å². The number of halogens is 1. The van der Waals surface area contributed by atoms with Crippen molar-refractivity contribution in [1.29, 1.82) is 0 Å². The molecule has 3 heterocycles. The van der Waals surface area contributed by atoms with E-state index in [0.29, 0.717) is 0 Å². The van der Waals surface area contributed by atoms with Gasteiger partial charge in [0.1, 0.15) is 6.33 Å². The van der Waals surface area contributed by atoms with Crippen LogP contribution in [0.5, 0.6) is 0 Å². The molecule has 1 N–H and O–H groups in total. The van der Waals surface area contributed by atoms with Crippen molar-refractivity contribution in [2.75, 3.05) is 5.32 Å². The Labute approximate surface area is 131 Å². The summed E-state index contributed by atoms with van der Waals surface area (Å²) in [6.07, 6.45) is 2.54. The predicted molar refractivity (Wildman–Crippen MR) is 84.9 cm³/mol. The Kier molecular flexibility index (Phi) is 3.16. The first-order chi connectivity index (χ1) is 10.3. The van der Waals surface area contributed by atoms with Crippen LogP contribution in [0.2, 0.25) is 5.02 Å². The molecular weight excluding hydrogens is 304 g/mol. The molecule has 0 aliphatic carbocycles. The molecule has 1 aromatic carbocycles. The predicted octanol–water partition coefficient (Wildman–Crippen LogP) is 4.14. The van der Waals surface area contributed by atoms with Crippen molar-refractivity contribution in [2.24, 2.45) is 0 Å². The van der Waals surface area contributed by atoms with Crippen LogP contribution in [0.25, 0.3) is 0 Å². The maximum Gasteiger partial charge on any atom is 0.222 e. The molecule has 3 aromatic rings. The van der Waals surface area contributed by atoms with Crippen LogP contribution in [0.15, 0.2) is 48.1 Å². The third-order valence-corrected chi connectivity index (χ3v) is 5.01. The molecule has 1 aliphatic rings. The summed E-state index contributed by atoms with van der Waals surface area (Å²) in [5.41, 5.74) is 1.20. The molecule has 21 heavy (non-hydrogen) atoms. The van der Waals surface area contributed by atoms with Gasteiger partial charge in [-0.2, -0.15) is 10.1 Å². The minimum Gasteiger partial charge on any atom is -0.347 e. The van der Waals surface area contributed by atoms with E-state index in [9.17, 15) is 0 Å². The first-order valence-corrected chi connectivity index (χ1v) is 8.02. The molecule has 106 valence electrons. The van der Waals surface area contributed by atoms with E-state index in [2.05, 4.69) is 45.0 Å². The molecule has 0 amide bonds. The average Bonchev–Trinajstić information content (AvgIpc) is 3.18. The van der Waals surface area contributed by atoms with Crippen molar-refractivity contribution in [3.63, 3.8) is 0 Å². The molecule has 4 nitrogen and oxygen atoms in total. The maximum atomic E-state index is 5.99. The van der Waals surface area contributed by atoms with E-state index in [4.69, 9.17) is 11.6 Å². The number of hydrogen-bond acceptors (Lipinski definition) is 4. The molecule has 2 aromatic heterocycles. The Morgan fingerprint density at radius 3 is 2.86 bits per heavy atom. The van der Waals surface area contributed by atoms with Gasteiger partial charge in [0.05, 0.1) is 12.1 Å². The van der Waals surface area contributed by atoms with Gasteiger partial charge in [-0.25, -0.2) is 4.68 Å². The van der Waals surface area contributed by atoms with Crippen LogP contribution >= 0.6 is 22.9 Å². The summed E-state index contributed by atoms with van der Waals surface area (Å²) in [5, 5.41) is 10.7.